The van der Waals surface area contributed by atoms with Crippen LogP contribution < -0.4 is 5.73 Å². The van der Waals surface area contributed by atoms with Gasteiger partial charge in [-0.2, -0.15) is 11.8 Å². The predicted octanol–water partition coefficient (Wildman–Crippen LogP) is 3.76. The van der Waals surface area contributed by atoms with Crippen LogP contribution in [0.25, 0.3) is 11.3 Å². The van der Waals surface area contributed by atoms with E-state index in [9.17, 15) is 0 Å². The van der Waals surface area contributed by atoms with Crippen molar-refractivity contribution in [2.24, 2.45) is 0 Å². The smallest absolute Gasteiger partial charge is 0.141 e. The molecule has 19 heavy (non-hydrogen) atoms. The van der Waals surface area contributed by atoms with Gasteiger partial charge in [-0.25, -0.2) is 9.97 Å². The van der Waals surface area contributed by atoms with Crippen molar-refractivity contribution in [3.63, 3.8) is 0 Å². The van der Waals surface area contributed by atoms with E-state index < -0.39 is 0 Å². The Morgan fingerprint density at radius 2 is 1.95 bits per heavy atom. The maximum absolute atomic E-state index is 5.88. The monoisotopic (exact) mass is 273 g/mol. The minimum atomic E-state index is 0.536. The molecule has 4 heteroatoms. The Labute approximate surface area is 118 Å². The zero-order valence-corrected chi connectivity index (χ0v) is 12.2. The van der Waals surface area contributed by atoms with Gasteiger partial charge in [-0.1, -0.05) is 44.2 Å². The standard InChI is InChI=1S/C15H19N3S/c1-3-11(2)19-10-15-17-13(9-14(16)18-15)12-7-5-4-6-8-12/h4-9,11H,3,10H2,1-2H3,(H2,16,17,18). The molecule has 0 saturated heterocycles. The van der Waals surface area contributed by atoms with Crippen LogP contribution in [0.2, 0.25) is 0 Å². The van der Waals surface area contributed by atoms with Crippen LogP contribution in [0, 0.1) is 0 Å². The largest absolute Gasteiger partial charge is 0.384 e. The van der Waals surface area contributed by atoms with E-state index in [1.165, 1.54) is 0 Å². The zero-order chi connectivity index (χ0) is 13.7. The van der Waals surface area contributed by atoms with E-state index in [2.05, 4.69) is 23.8 Å². The number of anilines is 1. The van der Waals surface area contributed by atoms with E-state index in [4.69, 9.17) is 5.73 Å². The number of benzene rings is 1. The molecule has 0 bridgehead atoms. The maximum Gasteiger partial charge on any atom is 0.141 e. The first-order valence-corrected chi connectivity index (χ1v) is 7.54. The summed E-state index contributed by atoms with van der Waals surface area (Å²) in [7, 11) is 0. The highest BCUT2D eigenvalue weighted by atomic mass is 32.2. The van der Waals surface area contributed by atoms with Crippen LogP contribution in [0.5, 0.6) is 0 Å². The number of rotatable bonds is 5. The molecule has 0 aliphatic heterocycles. The first-order chi connectivity index (χ1) is 9.19. The highest BCUT2D eigenvalue weighted by molar-refractivity contribution is 7.99. The number of nitrogen functional groups attached to an aromatic ring is 1. The maximum atomic E-state index is 5.88. The van der Waals surface area contributed by atoms with Crippen molar-refractivity contribution in [2.75, 3.05) is 5.73 Å². The lowest BCUT2D eigenvalue weighted by molar-refractivity contribution is 0.901. The summed E-state index contributed by atoms with van der Waals surface area (Å²) in [5, 5.41) is 0.616. The van der Waals surface area contributed by atoms with Gasteiger partial charge in [-0.3, -0.25) is 0 Å². The molecule has 1 aromatic carbocycles. The number of hydrogen-bond donors (Lipinski definition) is 1. The quantitative estimate of drug-likeness (QED) is 0.901. The second-order valence-corrected chi connectivity index (χ2v) is 5.92. The normalized spacial score (nSPS) is 12.3. The SMILES string of the molecule is CCC(C)SCc1nc(N)cc(-c2ccccc2)n1. The van der Waals surface area contributed by atoms with Crippen molar-refractivity contribution in [1.82, 2.24) is 9.97 Å². The van der Waals surface area contributed by atoms with Gasteiger partial charge in [0, 0.05) is 16.9 Å². The third kappa shape index (κ3) is 3.96. The van der Waals surface area contributed by atoms with E-state index in [1.54, 1.807) is 0 Å². The Bertz CT molecular complexity index is 528. The van der Waals surface area contributed by atoms with E-state index >= 15 is 0 Å². The Balaban J connectivity index is 2.20. The fraction of sp³-hybridized carbons (Fsp3) is 0.333. The van der Waals surface area contributed by atoms with Crippen molar-refractivity contribution in [2.45, 2.75) is 31.3 Å². The molecule has 2 rings (SSSR count). The minimum absolute atomic E-state index is 0.536. The lowest BCUT2D eigenvalue weighted by Gasteiger charge is -2.09. The first-order valence-electron chi connectivity index (χ1n) is 6.49. The molecule has 1 unspecified atom stereocenters. The fourth-order valence-electron chi connectivity index (χ4n) is 1.67. The predicted molar refractivity (Wildman–Crippen MR) is 82.9 cm³/mol. The minimum Gasteiger partial charge on any atom is -0.384 e. The van der Waals surface area contributed by atoms with Crippen LogP contribution in [-0.2, 0) is 5.75 Å². The van der Waals surface area contributed by atoms with Crippen molar-refractivity contribution >= 4 is 17.6 Å². The summed E-state index contributed by atoms with van der Waals surface area (Å²) in [6, 6.07) is 11.9. The molecule has 3 nitrogen and oxygen atoms in total. The molecule has 2 N–H and O–H groups in total. The van der Waals surface area contributed by atoms with Gasteiger partial charge in [0.1, 0.15) is 11.6 Å². The summed E-state index contributed by atoms with van der Waals surface area (Å²) < 4.78 is 0. The highest BCUT2D eigenvalue weighted by Crippen LogP contribution is 2.22. The Kier molecular flexibility index (Phi) is 4.80. The third-order valence-electron chi connectivity index (χ3n) is 2.93. The van der Waals surface area contributed by atoms with Crippen molar-refractivity contribution in [1.29, 1.82) is 0 Å². The summed E-state index contributed by atoms with van der Waals surface area (Å²) >= 11 is 1.86. The second kappa shape index (κ2) is 6.57. The molecule has 0 radical (unpaired) electrons. The van der Waals surface area contributed by atoms with Gasteiger partial charge in [0.15, 0.2) is 0 Å². The average Bonchev–Trinajstić information content (AvgIpc) is 2.45. The fourth-order valence-corrected chi connectivity index (χ4v) is 2.47. The van der Waals surface area contributed by atoms with Crippen molar-refractivity contribution < 1.29 is 0 Å². The molecule has 1 atom stereocenters. The lowest BCUT2D eigenvalue weighted by Crippen LogP contribution is -2.02. The molecule has 0 spiro atoms. The number of nitrogens with two attached hydrogens (primary N) is 1. The first kappa shape index (κ1) is 13.9. The van der Waals surface area contributed by atoms with E-state index in [-0.39, 0.29) is 0 Å². The highest BCUT2D eigenvalue weighted by Gasteiger charge is 2.07. The van der Waals surface area contributed by atoms with Crippen LogP contribution in [0.3, 0.4) is 0 Å². The van der Waals surface area contributed by atoms with Crippen LogP contribution >= 0.6 is 11.8 Å². The number of thioether (sulfide) groups is 1. The van der Waals surface area contributed by atoms with Crippen LogP contribution in [0.1, 0.15) is 26.1 Å². The van der Waals surface area contributed by atoms with Crippen LogP contribution in [-0.4, -0.2) is 15.2 Å². The van der Waals surface area contributed by atoms with Gasteiger partial charge in [-0.05, 0) is 6.42 Å². The van der Waals surface area contributed by atoms with Crippen molar-refractivity contribution in [3.05, 3.63) is 42.2 Å². The van der Waals surface area contributed by atoms with Gasteiger partial charge in [0.25, 0.3) is 0 Å². The molecule has 100 valence electrons. The molecule has 0 saturated carbocycles. The third-order valence-corrected chi connectivity index (χ3v) is 4.26. The van der Waals surface area contributed by atoms with Gasteiger partial charge in [0.2, 0.25) is 0 Å². The molecule has 0 amide bonds. The van der Waals surface area contributed by atoms with Gasteiger partial charge < -0.3 is 5.73 Å². The van der Waals surface area contributed by atoms with Gasteiger partial charge in [0.05, 0.1) is 11.4 Å². The van der Waals surface area contributed by atoms with Gasteiger partial charge >= 0.3 is 0 Å². The Morgan fingerprint density at radius 3 is 2.63 bits per heavy atom. The Morgan fingerprint density at radius 1 is 1.21 bits per heavy atom. The van der Waals surface area contributed by atoms with Crippen molar-refractivity contribution in [3.8, 4) is 11.3 Å². The summed E-state index contributed by atoms with van der Waals surface area (Å²) in [5.74, 6) is 2.15. The molecule has 0 aliphatic carbocycles. The second-order valence-electron chi connectivity index (χ2n) is 4.49. The average molecular weight is 273 g/mol. The van der Waals surface area contributed by atoms with Gasteiger partial charge in [-0.15, -0.1) is 0 Å². The zero-order valence-electron chi connectivity index (χ0n) is 11.3. The number of nitrogens with zero attached hydrogens (tertiary/aromatic N) is 2. The summed E-state index contributed by atoms with van der Waals surface area (Å²) in [4.78, 5) is 8.91. The summed E-state index contributed by atoms with van der Waals surface area (Å²) in [5.41, 5.74) is 7.85. The summed E-state index contributed by atoms with van der Waals surface area (Å²) in [6.45, 7) is 4.41. The van der Waals surface area contributed by atoms with Crippen LogP contribution in [0.15, 0.2) is 36.4 Å². The molecular formula is C15H19N3S. The number of hydrogen-bond acceptors (Lipinski definition) is 4. The molecule has 0 aliphatic rings. The molecule has 2 aromatic rings. The molecule has 1 heterocycles. The van der Waals surface area contributed by atoms with Crippen LogP contribution in [0.4, 0.5) is 5.82 Å². The molecular weight excluding hydrogens is 254 g/mol. The lowest BCUT2D eigenvalue weighted by atomic mass is 10.1. The number of aromatic nitrogens is 2. The Hall–Kier alpha value is -1.55. The van der Waals surface area contributed by atoms with E-state index in [0.717, 1.165) is 29.3 Å². The summed E-state index contributed by atoms with van der Waals surface area (Å²) in [6.07, 6.45) is 1.15. The topological polar surface area (TPSA) is 51.8 Å². The van der Waals surface area contributed by atoms with E-state index in [1.807, 2.05) is 48.2 Å². The molecule has 1 aromatic heterocycles. The molecule has 0 fully saturated rings. The van der Waals surface area contributed by atoms with E-state index in [0.29, 0.717) is 11.1 Å².